The Morgan fingerprint density at radius 1 is 1.40 bits per heavy atom. The minimum atomic E-state index is -0.674. The van der Waals surface area contributed by atoms with Gasteiger partial charge in [-0.1, -0.05) is 31.6 Å². The fourth-order valence-corrected chi connectivity index (χ4v) is 2.03. The lowest BCUT2D eigenvalue weighted by Gasteiger charge is -2.27. The maximum Gasteiger partial charge on any atom is 0.351 e. The Morgan fingerprint density at radius 2 is 2.20 bits per heavy atom. The SMILES string of the molecule is CCCCNC(=O)CN1C(=O)N=C2C=CC=CC2C1=O. The third kappa shape index (κ3) is 3.01. The summed E-state index contributed by atoms with van der Waals surface area (Å²) in [5.41, 5.74) is 0.435. The highest BCUT2D eigenvalue weighted by Gasteiger charge is 2.36. The molecule has 1 aliphatic heterocycles. The number of imide groups is 1. The molecule has 0 bridgehead atoms. The van der Waals surface area contributed by atoms with Gasteiger partial charge in [-0.25, -0.2) is 4.79 Å². The number of nitrogens with one attached hydrogen (secondary N) is 1. The molecule has 0 saturated carbocycles. The number of hydrogen-bond donors (Lipinski definition) is 1. The van der Waals surface area contributed by atoms with Crippen LogP contribution in [0.3, 0.4) is 0 Å². The van der Waals surface area contributed by atoms with Crippen LogP contribution in [0.1, 0.15) is 19.8 Å². The van der Waals surface area contributed by atoms with Crippen LogP contribution in [0.15, 0.2) is 29.3 Å². The first-order valence-corrected chi connectivity index (χ1v) is 6.69. The molecule has 1 atom stereocenters. The predicted molar refractivity (Wildman–Crippen MR) is 74.2 cm³/mol. The second-order valence-corrected chi connectivity index (χ2v) is 4.67. The molecular formula is C14H17N3O3. The molecule has 2 rings (SSSR count). The smallest absolute Gasteiger partial charge is 0.351 e. The second-order valence-electron chi connectivity index (χ2n) is 4.67. The van der Waals surface area contributed by atoms with Gasteiger partial charge in [0, 0.05) is 6.54 Å². The van der Waals surface area contributed by atoms with Crippen molar-refractivity contribution in [3.8, 4) is 0 Å². The molecule has 1 unspecified atom stereocenters. The fourth-order valence-electron chi connectivity index (χ4n) is 2.03. The molecule has 0 spiro atoms. The van der Waals surface area contributed by atoms with E-state index in [4.69, 9.17) is 0 Å². The number of fused-ring (bicyclic) bond motifs is 1. The summed E-state index contributed by atoms with van der Waals surface area (Å²) in [6.07, 6.45) is 8.61. The topological polar surface area (TPSA) is 78.8 Å². The van der Waals surface area contributed by atoms with Crippen molar-refractivity contribution >= 4 is 23.6 Å². The number of hydrogen-bond acceptors (Lipinski definition) is 3. The Kier molecular flexibility index (Phi) is 4.45. The summed E-state index contributed by atoms with van der Waals surface area (Å²) in [5.74, 6) is -1.29. The van der Waals surface area contributed by atoms with Crippen LogP contribution in [0.25, 0.3) is 0 Å². The van der Waals surface area contributed by atoms with Crippen molar-refractivity contribution in [2.75, 3.05) is 13.1 Å². The van der Waals surface area contributed by atoms with Crippen LogP contribution < -0.4 is 5.32 Å². The maximum absolute atomic E-state index is 12.2. The van der Waals surface area contributed by atoms with Gasteiger partial charge in [0.05, 0.1) is 11.6 Å². The summed E-state index contributed by atoms with van der Waals surface area (Å²) in [5, 5.41) is 2.68. The van der Waals surface area contributed by atoms with E-state index in [1.54, 1.807) is 24.3 Å². The molecule has 4 amide bonds. The zero-order chi connectivity index (χ0) is 14.5. The largest absolute Gasteiger partial charge is 0.355 e. The molecule has 106 valence electrons. The van der Waals surface area contributed by atoms with Crippen molar-refractivity contribution in [1.29, 1.82) is 0 Å². The average molecular weight is 275 g/mol. The number of aliphatic imine (C=N–C) groups is 1. The quantitative estimate of drug-likeness (QED) is 0.762. The molecule has 0 fully saturated rings. The highest BCUT2D eigenvalue weighted by atomic mass is 16.2. The van der Waals surface area contributed by atoms with Crippen molar-refractivity contribution in [1.82, 2.24) is 10.2 Å². The first-order chi connectivity index (χ1) is 9.63. The van der Waals surface area contributed by atoms with E-state index in [0.29, 0.717) is 12.3 Å². The molecule has 0 aromatic carbocycles. The molecule has 6 heteroatoms. The Labute approximate surface area is 117 Å². The highest BCUT2D eigenvalue weighted by molar-refractivity contribution is 6.22. The molecule has 0 aromatic rings. The van der Waals surface area contributed by atoms with Gasteiger partial charge < -0.3 is 5.32 Å². The van der Waals surface area contributed by atoms with E-state index in [1.807, 2.05) is 6.92 Å². The van der Waals surface area contributed by atoms with Gasteiger partial charge in [-0.05, 0) is 12.5 Å². The second kappa shape index (κ2) is 6.27. The number of nitrogens with zero attached hydrogens (tertiary/aromatic N) is 2. The van der Waals surface area contributed by atoms with E-state index in [1.165, 1.54) is 0 Å². The summed E-state index contributed by atoms with van der Waals surface area (Å²) in [7, 11) is 0. The third-order valence-electron chi connectivity index (χ3n) is 3.14. The van der Waals surface area contributed by atoms with Crippen LogP contribution in [0, 0.1) is 5.92 Å². The first-order valence-electron chi connectivity index (χ1n) is 6.69. The van der Waals surface area contributed by atoms with E-state index < -0.39 is 17.9 Å². The zero-order valence-corrected chi connectivity index (χ0v) is 11.3. The van der Waals surface area contributed by atoms with E-state index in [0.717, 1.165) is 17.7 Å². The summed E-state index contributed by atoms with van der Waals surface area (Å²) in [6.45, 7) is 2.29. The van der Waals surface area contributed by atoms with Gasteiger partial charge in [-0.2, -0.15) is 4.99 Å². The van der Waals surface area contributed by atoms with Crippen LogP contribution in [-0.4, -0.2) is 41.5 Å². The molecule has 0 saturated heterocycles. The van der Waals surface area contributed by atoms with Gasteiger partial charge in [0.2, 0.25) is 11.8 Å². The first kappa shape index (κ1) is 14.2. The lowest BCUT2D eigenvalue weighted by molar-refractivity contribution is -0.134. The van der Waals surface area contributed by atoms with Gasteiger partial charge >= 0.3 is 6.03 Å². The normalized spacial score (nSPS) is 20.8. The van der Waals surface area contributed by atoms with Crippen molar-refractivity contribution in [2.24, 2.45) is 10.9 Å². The maximum atomic E-state index is 12.2. The number of unbranched alkanes of at least 4 members (excludes halogenated alkanes) is 1. The van der Waals surface area contributed by atoms with Crippen LogP contribution in [0.5, 0.6) is 0 Å². The summed E-state index contributed by atoms with van der Waals surface area (Å²) in [6, 6.07) is -0.674. The van der Waals surface area contributed by atoms with Crippen LogP contribution in [0.2, 0.25) is 0 Å². The fraction of sp³-hybridized carbons (Fsp3) is 0.429. The van der Waals surface area contributed by atoms with Crippen LogP contribution in [-0.2, 0) is 9.59 Å². The van der Waals surface area contributed by atoms with Gasteiger partial charge in [0.25, 0.3) is 0 Å². The minimum absolute atomic E-state index is 0.272. The molecule has 0 radical (unpaired) electrons. The lowest BCUT2D eigenvalue weighted by atomic mass is 9.95. The average Bonchev–Trinajstić information content (AvgIpc) is 2.44. The summed E-state index contributed by atoms with van der Waals surface area (Å²) < 4.78 is 0. The molecule has 20 heavy (non-hydrogen) atoms. The lowest BCUT2D eigenvalue weighted by Crippen LogP contribution is -2.50. The van der Waals surface area contributed by atoms with Crippen molar-refractivity contribution in [3.05, 3.63) is 24.3 Å². The molecule has 2 aliphatic rings. The van der Waals surface area contributed by atoms with Gasteiger partial charge in [-0.3, -0.25) is 14.5 Å². The number of carbonyl (C=O) groups is 3. The minimum Gasteiger partial charge on any atom is -0.355 e. The molecular weight excluding hydrogens is 258 g/mol. The Morgan fingerprint density at radius 3 is 2.95 bits per heavy atom. The number of amides is 4. The molecule has 1 aliphatic carbocycles. The highest BCUT2D eigenvalue weighted by Crippen LogP contribution is 2.19. The van der Waals surface area contributed by atoms with Crippen molar-refractivity contribution in [2.45, 2.75) is 19.8 Å². The Bertz CT molecular complexity index is 520. The number of allylic oxidation sites excluding steroid dienone is 3. The van der Waals surface area contributed by atoms with Gasteiger partial charge in [-0.15, -0.1) is 0 Å². The number of rotatable bonds is 5. The zero-order valence-electron chi connectivity index (χ0n) is 11.3. The molecule has 1 heterocycles. The van der Waals surface area contributed by atoms with Crippen LogP contribution >= 0.6 is 0 Å². The van der Waals surface area contributed by atoms with Crippen LogP contribution in [0.4, 0.5) is 4.79 Å². The van der Waals surface area contributed by atoms with Crippen molar-refractivity contribution < 1.29 is 14.4 Å². The Balaban J connectivity index is 2.02. The number of carbonyl (C=O) groups excluding carboxylic acids is 3. The third-order valence-corrected chi connectivity index (χ3v) is 3.14. The monoisotopic (exact) mass is 275 g/mol. The molecule has 1 N–H and O–H groups in total. The van der Waals surface area contributed by atoms with E-state index in [-0.39, 0.29) is 12.5 Å². The standard InChI is InChI=1S/C14H17N3O3/c1-2-3-8-15-12(18)9-17-13(19)10-6-4-5-7-11(10)16-14(17)20/h4-7,10H,2-3,8-9H2,1H3,(H,15,18). The Hall–Kier alpha value is -2.24. The van der Waals surface area contributed by atoms with E-state index >= 15 is 0 Å². The van der Waals surface area contributed by atoms with Gasteiger partial charge in [0.15, 0.2) is 0 Å². The molecule has 0 aromatic heterocycles. The predicted octanol–water partition coefficient (Wildman–Crippen LogP) is 1.05. The number of urea groups is 1. The van der Waals surface area contributed by atoms with E-state index in [2.05, 4.69) is 10.3 Å². The molecule has 6 nitrogen and oxygen atoms in total. The summed E-state index contributed by atoms with van der Waals surface area (Å²) in [4.78, 5) is 40.5. The van der Waals surface area contributed by atoms with Gasteiger partial charge in [0.1, 0.15) is 6.54 Å². The van der Waals surface area contributed by atoms with Crippen molar-refractivity contribution in [3.63, 3.8) is 0 Å². The van der Waals surface area contributed by atoms with E-state index in [9.17, 15) is 14.4 Å². The summed E-state index contributed by atoms with van der Waals surface area (Å²) >= 11 is 0.